The minimum Gasteiger partial charge on any atom is -0.444 e. The molecule has 0 unspecified atom stereocenters. The van der Waals surface area contributed by atoms with E-state index in [1.807, 2.05) is 34.6 Å². The van der Waals surface area contributed by atoms with Crippen LogP contribution in [0.15, 0.2) is 0 Å². The third-order valence-electron chi connectivity index (χ3n) is 2.99. The van der Waals surface area contributed by atoms with Crippen molar-refractivity contribution in [3.63, 3.8) is 0 Å². The number of nitrogens with zero attached hydrogens (tertiary/aromatic N) is 1. The van der Waals surface area contributed by atoms with Crippen LogP contribution in [0.25, 0.3) is 0 Å². The SMILES string of the molecule is CC(C)(C)OC(=O)N1CCCC[C@H]1C(C)(C)N. The number of ether oxygens (including phenoxy) is 1. The molecule has 1 aliphatic heterocycles. The fourth-order valence-corrected chi connectivity index (χ4v) is 2.24. The van der Waals surface area contributed by atoms with Gasteiger partial charge in [-0.2, -0.15) is 0 Å². The lowest BCUT2D eigenvalue weighted by atomic mass is 9.87. The van der Waals surface area contributed by atoms with Crippen LogP contribution in [-0.2, 0) is 4.74 Å². The van der Waals surface area contributed by atoms with Crippen molar-refractivity contribution in [2.45, 2.75) is 71.1 Å². The van der Waals surface area contributed by atoms with Crippen molar-refractivity contribution >= 4 is 6.09 Å². The molecule has 0 saturated carbocycles. The molecule has 2 N–H and O–H groups in total. The summed E-state index contributed by atoms with van der Waals surface area (Å²) in [5.74, 6) is 0. The number of hydrogen-bond acceptors (Lipinski definition) is 3. The van der Waals surface area contributed by atoms with Gasteiger partial charge in [-0.1, -0.05) is 0 Å². The summed E-state index contributed by atoms with van der Waals surface area (Å²) < 4.78 is 5.43. The highest BCUT2D eigenvalue weighted by Crippen LogP contribution is 2.26. The Morgan fingerprint density at radius 1 is 1.24 bits per heavy atom. The van der Waals surface area contributed by atoms with Gasteiger partial charge >= 0.3 is 6.09 Å². The van der Waals surface area contributed by atoms with Crippen LogP contribution in [0.3, 0.4) is 0 Å². The molecule has 100 valence electrons. The summed E-state index contributed by atoms with van der Waals surface area (Å²) >= 11 is 0. The number of piperidine rings is 1. The molecule has 0 aromatic carbocycles. The Bertz CT molecular complexity index is 276. The molecule has 0 aliphatic carbocycles. The van der Waals surface area contributed by atoms with Crippen LogP contribution in [0.4, 0.5) is 4.79 Å². The lowest BCUT2D eigenvalue weighted by Gasteiger charge is -2.43. The summed E-state index contributed by atoms with van der Waals surface area (Å²) in [5, 5.41) is 0. The molecule has 1 rings (SSSR count). The van der Waals surface area contributed by atoms with E-state index < -0.39 is 5.60 Å². The molecular formula is C13H26N2O2. The van der Waals surface area contributed by atoms with Crippen molar-refractivity contribution in [2.75, 3.05) is 6.54 Å². The molecule has 17 heavy (non-hydrogen) atoms. The van der Waals surface area contributed by atoms with Crippen molar-refractivity contribution in [3.05, 3.63) is 0 Å². The highest BCUT2D eigenvalue weighted by atomic mass is 16.6. The largest absolute Gasteiger partial charge is 0.444 e. The van der Waals surface area contributed by atoms with Gasteiger partial charge < -0.3 is 15.4 Å². The van der Waals surface area contributed by atoms with Crippen molar-refractivity contribution in [2.24, 2.45) is 5.73 Å². The van der Waals surface area contributed by atoms with Crippen LogP contribution in [0, 0.1) is 0 Å². The standard InChI is InChI=1S/C13H26N2O2/c1-12(2,3)17-11(16)15-9-7-6-8-10(15)13(4,5)14/h10H,6-9,14H2,1-5H3/t10-/m0/s1. The molecule has 0 radical (unpaired) electrons. The number of likely N-dealkylation sites (tertiary alicyclic amines) is 1. The third-order valence-corrected chi connectivity index (χ3v) is 2.99. The Kier molecular flexibility index (Phi) is 4.07. The Hall–Kier alpha value is -0.770. The quantitative estimate of drug-likeness (QED) is 0.768. The van der Waals surface area contributed by atoms with Gasteiger partial charge in [0.1, 0.15) is 5.60 Å². The topological polar surface area (TPSA) is 55.6 Å². The second-order valence-corrected chi connectivity index (χ2v) is 6.51. The van der Waals surface area contributed by atoms with E-state index in [2.05, 4.69) is 0 Å². The number of carbonyl (C=O) groups excluding carboxylic acids is 1. The van der Waals surface area contributed by atoms with Gasteiger partial charge in [0.2, 0.25) is 0 Å². The van der Waals surface area contributed by atoms with Crippen LogP contribution in [0.2, 0.25) is 0 Å². The minimum atomic E-state index is -0.447. The van der Waals surface area contributed by atoms with E-state index >= 15 is 0 Å². The number of nitrogens with two attached hydrogens (primary N) is 1. The summed E-state index contributed by atoms with van der Waals surface area (Å²) in [5.41, 5.74) is 5.33. The normalized spacial score (nSPS) is 22.5. The monoisotopic (exact) mass is 242 g/mol. The summed E-state index contributed by atoms with van der Waals surface area (Å²) in [6.07, 6.45) is 2.89. The van der Waals surface area contributed by atoms with Crippen molar-refractivity contribution in [1.29, 1.82) is 0 Å². The number of hydrogen-bond donors (Lipinski definition) is 1. The summed E-state index contributed by atoms with van der Waals surface area (Å²) in [6, 6.07) is 0.0751. The van der Waals surface area contributed by atoms with Crippen LogP contribution in [0.5, 0.6) is 0 Å². The summed E-state index contributed by atoms with van der Waals surface area (Å²) in [7, 11) is 0. The fraction of sp³-hybridized carbons (Fsp3) is 0.923. The summed E-state index contributed by atoms with van der Waals surface area (Å²) in [6.45, 7) is 10.4. The molecule has 1 heterocycles. The average Bonchev–Trinajstić information content (AvgIpc) is 2.13. The first kappa shape index (κ1) is 14.3. The predicted molar refractivity (Wildman–Crippen MR) is 68.8 cm³/mol. The number of amides is 1. The highest BCUT2D eigenvalue weighted by Gasteiger charge is 2.37. The van der Waals surface area contributed by atoms with Crippen molar-refractivity contribution in [3.8, 4) is 0 Å². The number of rotatable bonds is 1. The molecule has 4 nitrogen and oxygen atoms in total. The van der Waals surface area contributed by atoms with Gasteiger partial charge in [0.25, 0.3) is 0 Å². The molecule has 4 heteroatoms. The molecule has 0 aromatic rings. The molecule has 1 aliphatic rings. The van der Waals surface area contributed by atoms with E-state index in [4.69, 9.17) is 10.5 Å². The minimum absolute atomic E-state index is 0.0751. The third kappa shape index (κ3) is 4.19. The van der Waals surface area contributed by atoms with Crippen molar-refractivity contribution in [1.82, 2.24) is 4.90 Å². The lowest BCUT2D eigenvalue weighted by molar-refractivity contribution is 0.000787. The predicted octanol–water partition coefficient (Wildman–Crippen LogP) is 2.51. The first-order chi connectivity index (χ1) is 7.61. The molecule has 1 fully saturated rings. The molecular weight excluding hydrogens is 216 g/mol. The first-order valence-electron chi connectivity index (χ1n) is 6.40. The van der Waals surface area contributed by atoms with E-state index in [0.717, 1.165) is 25.8 Å². The molecule has 0 aromatic heterocycles. The van der Waals surface area contributed by atoms with E-state index in [9.17, 15) is 4.79 Å². The van der Waals surface area contributed by atoms with Crippen LogP contribution >= 0.6 is 0 Å². The Labute approximate surface area is 104 Å². The van der Waals surface area contributed by atoms with Gasteiger partial charge in [0, 0.05) is 12.1 Å². The lowest BCUT2D eigenvalue weighted by Crippen LogP contribution is -2.59. The van der Waals surface area contributed by atoms with Crippen molar-refractivity contribution < 1.29 is 9.53 Å². The second-order valence-electron chi connectivity index (χ2n) is 6.51. The highest BCUT2D eigenvalue weighted by molar-refractivity contribution is 5.69. The fourth-order valence-electron chi connectivity index (χ4n) is 2.24. The van der Waals surface area contributed by atoms with Gasteiger partial charge in [-0.3, -0.25) is 0 Å². The van der Waals surface area contributed by atoms with E-state index in [-0.39, 0.29) is 17.7 Å². The zero-order chi connectivity index (χ0) is 13.3. The maximum atomic E-state index is 12.1. The van der Waals surface area contributed by atoms with Crippen LogP contribution in [0.1, 0.15) is 53.9 Å². The second kappa shape index (κ2) is 4.84. The van der Waals surface area contributed by atoms with Gasteiger partial charge in [0.15, 0.2) is 0 Å². The van der Waals surface area contributed by atoms with Gasteiger partial charge in [-0.05, 0) is 53.9 Å². The van der Waals surface area contributed by atoms with Gasteiger partial charge in [0.05, 0.1) is 6.04 Å². The molecule has 1 saturated heterocycles. The number of carbonyl (C=O) groups is 1. The summed E-state index contributed by atoms with van der Waals surface area (Å²) in [4.78, 5) is 13.9. The van der Waals surface area contributed by atoms with E-state index in [1.54, 1.807) is 4.90 Å². The first-order valence-corrected chi connectivity index (χ1v) is 6.40. The zero-order valence-corrected chi connectivity index (χ0v) is 11.7. The van der Waals surface area contributed by atoms with E-state index in [0.29, 0.717) is 0 Å². The zero-order valence-electron chi connectivity index (χ0n) is 11.7. The maximum Gasteiger partial charge on any atom is 0.410 e. The molecule has 0 spiro atoms. The Morgan fingerprint density at radius 3 is 2.29 bits per heavy atom. The molecule has 1 amide bonds. The van der Waals surface area contributed by atoms with Gasteiger partial charge in [-0.25, -0.2) is 4.79 Å². The maximum absolute atomic E-state index is 12.1. The molecule has 0 bridgehead atoms. The van der Waals surface area contributed by atoms with E-state index in [1.165, 1.54) is 0 Å². The smallest absolute Gasteiger partial charge is 0.410 e. The Morgan fingerprint density at radius 2 is 1.82 bits per heavy atom. The average molecular weight is 242 g/mol. The van der Waals surface area contributed by atoms with Crippen LogP contribution in [-0.4, -0.2) is 34.7 Å². The Balaban J connectivity index is 2.75. The van der Waals surface area contributed by atoms with Gasteiger partial charge in [-0.15, -0.1) is 0 Å². The molecule has 1 atom stereocenters. The van der Waals surface area contributed by atoms with Crippen LogP contribution < -0.4 is 5.73 Å².